The summed E-state index contributed by atoms with van der Waals surface area (Å²) in [5.74, 6) is 1.91. The Bertz CT molecular complexity index is 672. The molecule has 3 rings (SSSR count). The van der Waals surface area contributed by atoms with E-state index in [-0.39, 0.29) is 24.8 Å². The Labute approximate surface area is 178 Å². The summed E-state index contributed by atoms with van der Waals surface area (Å²) in [5, 5.41) is 5.18. The molecule has 0 spiro atoms. The summed E-state index contributed by atoms with van der Waals surface area (Å²) >= 11 is 8.31. The van der Waals surface area contributed by atoms with E-state index in [0.29, 0.717) is 0 Å². The van der Waals surface area contributed by atoms with Crippen molar-refractivity contribution in [2.75, 3.05) is 36.8 Å². The Kier molecular flexibility index (Phi) is 10.5. The number of nitrogens with zero attached hydrogens (tertiary/aromatic N) is 2. The minimum Gasteiger partial charge on any atom is -0.368 e. The lowest BCUT2D eigenvalue weighted by molar-refractivity contribution is 0.551. The second kappa shape index (κ2) is 11.5. The number of anilines is 1. The topological polar surface area (TPSA) is 44.0 Å². The zero-order valence-electron chi connectivity index (χ0n) is 15.4. The van der Waals surface area contributed by atoms with Gasteiger partial charge in [0.15, 0.2) is 5.16 Å². The van der Waals surface area contributed by atoms with E-state index in [4.69, 9.17) is 11.6 Å². The van der Waals surface area contributed by atoms with Crippen LogP contribution in [0, 0.1) is 5.92 Å². The Morgan fingerprint density at radius 1 is 1.19 bits per heavy atom. The molecule has 148 valence electrons. The molecule has 1 saturated heterocycles. The third-order valence-electron chi connectivity index (χ3n) is 4.40. The summed E-state index contributed by atoms with van der Waals surface area (Å²) in [6.07, 6.45) is 3.85. The lowest BCUT2D eigenvalue weighted by Crippen LogP contribution is -2.43. The molecule has 0 saturated carbocycles. The van der Waals surface area contributed by atoms with Gasteiger partial charge in [-0.25, -0.2) is 4.98 Å². The van der Waals surface area contributed by atoms with Gasteiger partial charge in [0.2, 0.25) is 0 Å². The number of unbranched alkanes of at least 4 members (excludes halogenated alkanes) is 1. The van der Waals surface area contributed by atoms with Crippen LogP contribution < -0.4 is 10.2 Å². The van der Waals surface area contributed by atoms with Crippen molar-refractivity contribution in [3.8, 4) is 0 Å². The number of nitrogens with one attached hydrogen (secondary N) is 2. The first-order valence-electron chi connectivity index (χ1n) is 8.91. The molecular formula is C18H29Cl3N4S. The second-order valence-corrected chi connectivity index (χ2v) is 8.33. The van der Waals surface area contributed by atoms with Gasteiger partial charge in [0.1, 0.15) is 0 Å². The number of halogens is 3. The standard InChI is InChI=1S/C18H27ClN4S.2ClH/c1-13(2)5-3-4-10-24-18-21-15-11-14(19)17(12-16(15)22-18)23-8-6-20-7-9-23;;/h11-13,20H,3-10H2,1-2H3,(H,21,22);2*1H. The molecular weight excluding hydrogens is 411 g/mol. The smallest absolute Gasteiger partial charge is 0.166 e. The van der Waals surface area contributed by atoms with Crippen LogP contribution in [0.1, 0.15) is 33.1 Å². The molecule has 0 amide bonds. The van der Waals surface area contributed by atoms with Gasteiger partial charge in [-0.3, -0.25) is 0 Å². The molecule has 4 nitrogen and oxygen atoms in total. The summed E-state index contributed by atoms with van der Waals surface area (Å²) in [6, 6.07) is 4.15. The van der Waals surface area contributed by atoms with Crippen molar-refractivity contribution in [2.45, 2.75) is 38.3 Å². The minimum atomic E-state index is 0. The molecule has 1 aromatic heterocycles. The van der Waals surface area contributed by atoms with Gasteiger partial charge in [-0.05, 0) is 24.5 Å². The molecule has 0 atom stereocenters. The number of rotatable bonds is 7. The fourth-order valence-electron chi connectivity index (χ4n) is 3.04. The van der Waals surface area contributed by atoms with Gasteiger partial charge >= 0.3 is 0 Å². The van der Waals surface area contributed by atoms with Crippen molar-refractivity contribution in [2.24, 2.45) is 5.92 Å². The predicted octanol–water partition coefficient (Wildman–Crippen LogP) is 5.39. The maximum atomic E-state index is 6.50. The molecule has 0 aliphatic carbocycles. The van der Waals surface area contributed by atoms with Gasteiger partial charge in [-0.15, -0.1) is 24.8 Å². The molecule has 0 unspecified atom stereocenters. The van der Waals surface area contributed by atoms with Crippen molar-refractivity contribution in [3.05, 3.63) is 17.2 Å². The van der Waals surface area contributed by atoms with Crippen LogP contribution in [0.3, 0.4) is 0 Å². The third kappa shape index (κ3) is 6.38. The van der Waals surface area contributed by atoms with Crippen LogP contribution in [0.2, 0.25) is 5.02 Å². The first-order chi connectivity index (χ1) is 11.6. The van der Waals surface area contributed by atoms with Gasteiger partial charge in [0.05, 0.1) is 21.7 Å². The Hall–Kier alpha value is -0.330. The fraction of sp³-hybridized carbons (Fsp3) is 0.611. The Balaban J connectivity index is 0.00000169. The molecule has 26 heavy (non-hydrogen) atoms. The van der Waals surface area contributed by atoms with Crippen LogP contribution in [0.15, 0.2) is 17.3 Å². The van der Waals surface area contributed by atoms with E-state index in [1.165, 1.54) is 19.3 Å². The van der Waals surface area contributed by atoms with Crippen molar-refractivity contribution < 1.29 is 0 Å². The van der Waals surface area contributed by atoms with E-state index in [0.717, 1.165) is 64.7 Å². The van der Waals surface area contributed by atoms with Gasteiger partial charge in [0, 0.05) is 31.9 Å². The maximum Gasteiger partial charge on any atom is 0.166 e. The highest BCUT2D eigenvalue weighted by Gasteiger charge is 2.16. The van der Waals surface area contributed by atoms with Gasteiger partial charge in [0.25, 0.3) is 0 Å². The lowest BCUT2D eigenvalue weighted by atomic mass is 10.1. The molecule has 1 aliphatic heterocycles. The Morgan fingerprint density at radius 3 is 2.62 bits per heavy atom. The summed E-state index contributed by atoms with van der Waals surface area (Å²) in [5.41, 5.74) is 3.16. The van der Waals surface area contributed by atoms with Crippen molar-refractivity contribution in [1.82, 2.24) is 15.3 Å². The first-order valence-corrected chi connectivity index (χ1v) is 10.3. The molecule has 1 aromatic carbocycles. The van der Waals surface area contributed by atoms with Crippen LogP contribution in [-0.4, -0.2) is 41.9 Å². The zero-order chi connectivity index (χ0) is 16.9. The SMILES string of the molecule is CC(C)CCCCSc1nc2cc(Cl)c(N3CCNCC3)cc2[nH]1.Cl.Cl. The van der Waals surface area contributed by atoms with Crippen molar-refractivity contribution in [3.63, 3.8) is 0 Å². The van der Waals surface area contributed by atoms with Crippen LogP contribution in [0.5, 0.6) is 0 Å². The molecule has 1 aliphatic rings. The minimum absolute atomic E-state index is 0. The molecule has 2 N–H and O–H groups in total. The number of aromatic amines is 1. The molecule has 8 heteroatoms. The number of hydrogen-bond acceptors (Lipinski definition) is 4. The van der Waals surface area contributed by atoms with E-state index in [2.05, 4.69) is 40.1 Å². The molecule has 2 aromatic rings. The normalized spacial score (nSPS) is 14.4. The zero-order valence-corrected chi connectivity index (χ0v) is 18.6. The summed E-state index contributed by atoms with van der Waals surface area (Å²) in [4.78, 5) is 10.5. The summed E-state index contributed by atoms with van der Waals surface area (Å²) in [7, 11) is 0. The largest absolute Gasteiger partial charge is 0.368 e. The van der Waals surface area contributed by atoms with Crippen LogP contribution in [0.25, 0.3) is 11.0 Å². The monoisotopic (exact) mass is 438 g/mol. The van der Waals surface area contributed by atoms with E-state index in [1.54, 1.807) is 0 Å². The summed E-state index contributed by atoms with van der Waals surface area (Å²) < 4.78 is 0. The maximum absolute atomic E-state index is 6.50. The lowest BCUT2D eigenvalue weighted by Gasteiger charge is -2.30. The number of aromatic nitrogens is 2. The van der Waals surface area contributed by atoms with Gasteiger partial charge in [-0.2, -0.15) is 0 Å². The highest BCUT2D eigenvalue weighted by Crippen LogP contribution is 2.32. The number of fused-ring (bicyclic) bond motifs is 1. The van der Waals surface area contributed by atoms with Crippen molar-refractivity contribution >= 4 is 64.9 Å². The number of H-pyrrole nitrogens is 1. The fourth-order valence-corrected chi connectivity index (χ4v) is 4.20. The molecule has 0 radical (unpaired) electrons. The van der Waals surface area contributed by atoms with E-state index < -0.39 is 0 Å². The number of thioether (sulfide) groups is 1. The second-order valence-electron chi connectivity index (χ2n) is 6.84. The number of piperazine rings is 1. The average molecular weight is 440 g/mol. The van der Waals surface area contributed by atoms with Crippen molar-refractivity contribution in [1.29, 1.82) is 0 Å². The third-order valence-corrected chi connectivity index (χ3v) is 5.66. The number of benzene rings is 1. The van der Waals surface area contributed by atoms with E-state index >= 15 is 0 Å². The van der Waals surface area contributed by atoms with Gasteiger partial charge < -0.3 is 15.2 Å². The van der Waals surface area contributed by atoms with Crippen LogP contribution >= 0.6 is 48.2 Å². The molecule has 0 bridgehead atoms. The Morgan fingerprint density at radius 2 is 1.92 bits per heavy atom. The quantitative estimate of drug-likeness (QED) is 0.448. The molecule has 2 heterocycles. The highest BCUT2D eigenvalue weighted by atomic mass is 35.5. The number of imidazole rings is 1. The van der Waals surface area contributed by atoms with E-state index in [9.17, 15) is 0 Å². The first kappa shape index (κ1) is 23.7. The summed E-state index contributed by atoms with van der Waals surface area (Å²) in [6.45, 7) is 8.58. The molecule has 1 fully saturated rings. The highest BCUT2D eigenvalue weighted by molar-refractivity contribution is 7.99. The van der Waals surface area contributed by atoms with Crippen LogP contribution in [0.4, 0.5) is 5.69 Å². The predicted molar refractivity (Wildman–Crippen MR) is 120 cm³/mol. The van der Waals surface area contributed by atoms with Gasteiger partial charge in [-0.1, -0.05) is 50.1 Å². The van der Waals surface area contributed by atoms with E-state index in [1.807, 2.05) is 17.8 Å². The number of hydrogen-bond donors (Lipinski definition) is 2. The average Bonchev–Trinajstić information content (AvgIpc) is 2.96. The van der Waals surface area contributed by atoms with Crippen LogP contribution in [-0.2, 0) is 0 Å².